The fourth-order valence-electron chi connectivity index (χ4n) is 2.00. The maximum Gasteiger partial charge on any atom is 0.189 e. The highest BCUT2D eigenvalue weighted by molar-refractivity contribution is 7.98. The summed E-state index contributed by atoms with van der Waals surface area (Å²) in [6, 6.07) is 7.02. The van der Waals surface area contributed by atoms with Gasteiger partial charge in [0.05, 0.1) is 5.69 Å². The van der Waals surface area contributed by atoms with Crippen molar-refractivity contribution in [1.29, 1.82) is 0 Å². The Hall–Kier alpha value is -1.62. The molecule has 0 aliphatic carbocycles. The maximum atomic E-state index is 13.3. The first kappa shape index (κ1) is 15.8. The van der Waals surface area contributed by atoms with Crippen LogP contribution in [-0.4, -0.2) is 22.3 Å². The molecule has 0 radical (unpaired) electrons. The van der Waals surface area contributed by atoms with Gasteiger partial charge in [0.1, 0.15) is 11.6 Å². The smallest absolute Gasteiger partial charge is 0.189 e. The number of hydrogen-bond acceptors (Lipinski definition) is 4. The number of aryl methyl sites for hydroxylation is 1. The third-order valence-electron chi connectivity index (χ3n) is 3.36. The molecule has 0 saturated carbocycles. The van der Waals surface area contributed by atoms with Crippen molar-refractivity contribution in [1.82, 2.24) is 9.97 Å². The summed E-state index contributed by atoms with van der Waals surface area (Å²) in [5, 5.41) is 4.08. The monoisotopic (exact) mass is 305 g/mol. The number of nitrogens with zero attached hydrogens (tertiary/aromatic N) is 2. The van der Waals surface area contributed by atoms with Crippen LogP contribution in [0.15, 0.2) is 29.4 Å². The van der Waals surface area contributed by atoms with Gasteiger partial charge in [-0.15, -0.1) is 0 Å². The summed E-state index contributed by atoms with van der Waals surface area (Å²) < 4.78 is 13.3. The van der Waals surface area contributed by atoms with Crippen LogP contribution in [-0.2, 0) is 0 Å². The van der Waals surface area contributed by atoms with E-state index in [0.717, 1.165) is 29.1 Å². The van der Waals surface area contributed by atoms with Gasteiger partial charge in [0.15, 0.2) is 5.16 Å². The summed E-state index contributed by atoms with van der Waals surface area (Å²) in [5.41, 5.74) is 2.62. The first-order valence-electron chi connectivity index (χ1n) is 6.99. The van der Waals surface area contributed by atoms with Gasteiger partial charge in [0.2, 0.25) is 0 Å². The first-order chi connectivity index (χ1) is 10.0. The highest BCUT2D eigenvalue weighted by Crippen LogP contribution is 2.26. The minimum atomic E-state index is -0.228. The van der Waals surface area contributed by atoms with E-state index in [1.54, 1.807) is 6.07 Å². The van der Waals surface area contributed by atoms with Gasteiger partial charge in [-0.25, -0.2) is 14.4 Å². The van der Waals surface area contributed by atoms with Crippen LogP contribution in [0.3, 0.4) is 0 Å². The summed E-state index contributed by atoms with van der Waals surface area (Å²) in [4.78, 5) is 9.01. The zero-order valence-electron chi connectivity index (χ0n) is 12.8. The molecule has 0 amide bonds. The van der Waals surface area contributed by atoms with Crippen LogP contribution in [0.4, 0.5) is 10.2 Å². The second kappa shape index (κ2) is 6.89. The predicted molar refractivity (Wildman–Crippen MR) is 87.3 cm³/mol. The van der Waals surface area contributed by atoms with Crippen molar-refractivity contribution in [2.24, 2.45) is 0 Å². The molecule has 0 saturated heterocycles. The van der Waals surface area contributed by atoms with Gasteiger partial charge in [-0.3, -0.25) is 0 Å². The highest BCUT2D eigenvalue weighted by atomic mass is 32.2. The Morgan fingerprint density at radius 2 is 2.05 bits per heavy atom. The Kier molecular flexibility index (Phi) is 5.17. The second-order valence-electron chi connectivity index (χ2n) is 5.04. The molecule has 21 heavy (non-hydrogen) atoms. The molecule has 3 nitrogen and oxygen atoms in total. The normalized spacial score (nSPS) is 12.2. The predicted octanol–water partition coefficient (Wildman–Crippen LogP) is 4.52. The summed E-state index contributed by atoms with van der Waals surface area (Å²) in [5.74, 6) is 0.579. The summed E-state index contributed by atoms with van der Waals surface area (Å²) >= 11 is 1.50. The summed E-state index contributed by atoms with van der Waals surface area (Å²) in [6.07, 6.45) is 2.97. The lowest BCUT2D eigenvalue weighted by Crippen LogP contribution is -2.15. The van der Waals surface area contributed by atoms with Crippen LogP contribution >= 0.6 is 11.8 Å². The third-order valence-corrected chi connectivity index (χ3v) is 3.91. The number of rotatable bonds is 5. The van der Waals surface area contributed by atoms with Crippen LogP contribution < -0.4 is 5.32 Å². The second-order valence-corrected chi connectivity index (χ2v) is 5.81. The molecule has 2 aromatic rings. The molecule has 2 rings (SSSR count). The van der Waals surface area contributed by atoms with Crippen molar-refractivity contribution < 1.29 is 4.39 Å². The lowest BCUT2D eigenvalue weighted by molar-refractivity contribution is 0.627. The van der Waals surface area contributed by atoms with Crippen molar-refractivity contribution in [2.45, 2.75) is 38.4 Å². The van der Waals surface area contributed by atoms with E-state index in [2.05, 4.69) is 29.1 Å². The minimum Gasteiger partial charge on any atom is -0.367 e. The SMILES string of the molecule is CCC(C)Nc1cc(-c2ccc(F)cc2C)nc(SC)n1. The molecule has 0 spiro atoms. The van der Waals surface area contributed by atoms with Crippen LogP contribution in [0.2, 0.25) is 0 Å². The molecule has 0 bridgehead atoms. The quantitative estimate of drug-likeness (QED) is 0.651. The molecule has 112 valence electrons. The van der Waals surface area contributed by atoms with Gasteiger partial charge in [0.25, 0.3) is 0 Å². The number of anilines is 1. The Morgan fingerprint density at radius 1 is 1.29 bits per heavy atom. The van der Waals surface area contributed by atoms with Crippen LogP contribution in [0.1, 0.15) is 25.8 Å². The summed E-state index contributed by atoms with van der Waals surface area (Å²) in [6.45, 7) is 6.13. The largest absolute Gasteiger partial charge is 0.367 e. The van der Waals surface area contributed by atoms with Crippen LogP contribution in [0.5, 0.6) is 0 Å². The van der Waals surface area contributed by atoms with Crippen LogP contribution in [0, 0.1) is 12.7 Å². The Bertz CT molecular complexity index is 631. The molecule has 1 N–H and O–H groups in total. The number of aromatic nitrogens is 2. The van der Waals surface area contributed by atoms with E-state index in [1.165, 1.54) is 23.9 Å². The number of thioether (sulfide) groups is 1. The minimum absolute atomic E-state index is 0.228. The van der Waals surface area contributed by atoms with E-state index in [1.807, 2.05) is 19.2 Å². The Morgan fingerprint density at radius 3 is 2.67 bits per heavy atom. The molecule has 1 unspecified atom stereocenters. The van der Waals surface area contributed by atoms with Gasteiger partial charge in [-0.2, -0.15) is 0 Å². The number of halogens is 1. The van der Waals surface area contributed by atoms with Crippen molar-refractivity contribution in [2.75, 3.05) is 11.6 Å². The average Bonchev–Trinajstić information content (AvgIpc) is 2.46. The Labute approximate surface area is 129 Å². The number of benzene rings is 1. The van der Waals surface area contributed by atoms with E-state index in [4.69, 9.17) is 0 Å². The van der Waals surface area contributed by atoms with Gasteiger partial charge in [-0.1, -0.05) is 18.7 Å². The van der Waals surface area contributed by atoms with Crippen LogP contribution in [0.25, 0.3) is 11.3 Å². The zero-order valence-corrected chi connectivity index (χ0v) is 13.6. The van der Waals surface area contributed by atoms with E-state index >= 15 is 0 Å². The topological polar surface area (TPSA) is 37.8 Å². The molecule has 1 atom stereocenters. The fourth-order valence-corrected chi connectivity index (χ4v) is 2.38. The summed E-state index contributed by atoms with van der Waals surface area (Å²) in [7, 11) is 0. The lowest BCUT2D eigenvalue weighted by atomic mass is 10.1. The molecule has 0 fully saturated rings. The molecule has 1 aromatic carbocycles. The molecule has 1 heterocycles. The standard InChI is InChI=1S/C16H20FN3S/c1-5-11(3)18-15-9-14(19-16(20-15)21-4)13-7-6-12(17)8-10(13)2/h6-9,11H,5H2,1-4H3,(H,18,19,20). The van der Waals surface area contributed by atoms with E-state index in [0.29, 0.717) is 11.2 Å². The molecule has 5 heteroatoms. The maximum absolute atomic E-state index is 13.3. The highest BCUT2D eigenvalue weighted by Gasteiger charge is 2.10. The zero-order chi connectivity index (χ0) is 15.4. The average molecular weight is 305 g/mol. The van der Waals surface area contributed by atoms with Gasteiger partial charge >= 0.3 is 0 Å². The lowest BCUT2D eigenvalue weighted by Gasteiger charge is -2.14. The van der Waals surface area contributed by atoms with Crippen molar-refractivity contribution in [3.8, 4) is 11.3 Å². The van der Waals surface area contributed by atoms with Gasteiger partial charge in [0, 0.05) is 17.7 Å². The van der Waals surface area contributed by atoms with Crippen molar-refractivity contribution in [3.05, 3.63) is 35.6 Å². The van der Waals surface area contributed by atoms with E-state index in [9.17, 15) is 4.39 Å². The Balaban J connectivity index is 2.45. The molecule has 1 aromatic heterocycles. The number of hydrogen-bond donors (Lipinski definition) is 1. The van der Waals surface area contributed by atoms with E-state index < -0.39 is 0 Å². The van der Waals surface area contributed by atoms with Gasteiger partial charge in [-0.05, 0) is 50.3 Å². The third kappa shape index (κ3) is 3.94. The molecular weight excluding hydrogens is 285 g/mol. The van der Waals surface area contributed by atoms with Crippen molar-refractivity contribution in [3.63, 3.8) is 0 Å². The van der Waals surface area contributed by atoms with Gasteiger partial charge < -0.3 is 5.32 Å². The first-order valence-corrected chi connectivity index (χ1v) is 8.22. The molecule has 0 aliphatic rings. The molecular formula is C16H20FN3S. The fraction of sp³-hybridized carbons (Fsp3) is 0.375. The van der Waals surface area contributed by atoms with Crippen molar-refractivity contribution >= 4 is 17.6 Å². The number of nitrogens with one attached hydrogen (secondary N) is 1. The van der Waals surface area contributed by atoms with E-state index in [-0.39, 0.29) is 5.82 Å². The molecule has 0 aliphatic heterocycles.